The Bertz CT molecular complexity index is 1420. The first-order valence-electron chi connectivity index (χ1n) is 11.3. The molecule has 6 rings (SSSR count). The lowest BCUT2D eigenvalue weighted by atomic mass is 9.97. The van der Waals surface area contributed by atoms with Crippen LogP contribution in [0.1, 0.15) is 42.4 Å². The molecule has 2 fully saturated rings. The molecule has 1 aliphatic heterocycles. The van der Waals surface area contributed by atoms with E-state index in [1.807, 2.05) is 24.4 Å². The zero-order chi connectivity index (χ0) is 25.4. The molecule has 1 saturated heterocycles. The smallest absolute Gasteiger partial charge is 0.343 e. The van der Waals surface area contributed by atoms with Gasteiger partial charge in [-0.1, -0.05) is 0 Å². The van der Waals surface area contributed by atoms with Crippen LogP contribution in [0, 0.1) is 5.92 Å². The zero-order valence-corrected chi connectivity index (χ0v) is 18.8. The minimum Gasteiger partial charge on any atom is -0.343 e. The molecular formula is C23H19F6N7. The highest BCUT2D eigenvalue weighted by molar-refractivity contribution is 5.80. The van der Waals surface area contributed by atoms with Gasteiger partial charge in [-0.2, -0.15) is 31.4 Å². The molecule has 3 aromatic heterocycles. The molecule has 0 unspecified atom stereocenters. The second-order valence-corrected chi connectivity index (χ2v) is 9.28. The van der Waals surface area contributed by atoms with Crippen LogP contribution in [0.25, 0.3) is 16.6 Å². The number of nitrogens with zero attached hydrogens (tertiary/aromatic N) is 7. The number of aryl methyl sites for hydroxylation is 1. The van der Waals surface area contributed by atoms with Gasteiger partial charge in [0.15, 0.2) is 5.82 Å². The average Bonchev–Trinajstić information content (AvgIpc) is 3.58. The summed E-state index contributed by atoms with van der Waals surface area (Å²) in [5.41, 5.74) is -1.46. The third-order valence-electron chi connectivity index (χ3n) is 7.00. The van der Waals surface area contributed by atoms with E-state index in [4.69, 9.17) is 0 Å². The Balaban J connectivity index is 1.47. The van der Waals surface area contributed by atoms with Gasteiger partial charge in [0.1, 0.15) is 17.8 Å². The number of halogens is 6. The normalized spacial score (nSPS) is 22.2. The van der Waals surface area contributed by atoms with Crippen molar-refractivity contribution in [2.45, 2.75) is 43.7 Å². The van der Waals surface area contributed by atoms with Crippen LogP contribution in [0.3, 0.4) is 0 Å². The Kier molecular flexibility index (Phi) is 4.86. The maximum Gasteiger partial charge on any atom is 0.433 e. The summed E-state index contributed by atoms with van der Waals surface area (Å²) in [6.07, 6.45) is -4.58. The molecule has 13 heteroatoms. The van der Waals surface area contributed by atoms with Gasteiger partial charge in [-0.05, 0) is 55.5 Å². The lowest BCUT2D eigenvalue weighted by Crippen LogP contribution is -2.37. The second-order valence-electron chi connectivity index (χ2n) is 9.28. The molecule has 4 heterocycles. The number of aromatic nitrogens is 6. The van der Waals surface area contributed by atoms with E-state index in [-0.39, 0.29) is 23.8 Å². The van der Waals surface area contributed by atoms with Gasteiger partial charge in [-0.25, -0.2) is 4.98 Å². The fourth-order valence-electron chi connectivity index (χ4n) is 5.54. The summed E-state index contributed by atoms with van der Waals surface area (Å²) in [4.78, 5) is 5.23. The van der Waals surface area contributed by atoms with Crippen LogP contribution >= 0.6 is 0 Å². The molecule has 2 aliphatic rings. The molecule has 1 aliphatic carbocycles. The number of piperidine rings is 1. The first-order chi connectivity index (χ1) is 17.0. The highest BCUT2D eigenvalue weighted by atomic mass is 19.4. The van der Waals surface area contributed by atoms with Gasteiger partial charge >= 0.3 is 12.4 Å². The number of fused-ring (bicyclic) bond motifs is 3. The first-order valence-corrected chi connectivity index (χ1v) is 11.3. The van der Waals surface area contributed by atoms with E-state index in [9.17, 15) is 26.3 Å². The fraction of sp³-hybridized carbons (Fsp3) is 0.391. The van der Waals surface area contributed by atoms with Crippen molar-refractivity contribution >= 4 is 16.7 Å². The van der Waals surface area contributed by atoms with Crippen molar-refractivity contribution in [1.82, 2.24) is 29.5 Å². The van der Waals surface area contributed by atoms with Crippen LogP contribution < -0.4 is 4.90 Å². The van der Waals surface area contributed by atoms with Gasteiger partial charge in [0.05, 0.1) is 17.1 Å². The van der Waals surface area contributed by atoms with Crippen LogP contribution in [0.2, 0.25) is 0 Å². The van der Waals surface area contributed by atoms with Crippen molar-refractivity contribution in [2.24, 2.45) is 13.0 Å². The van der Waals surface area contributed by atoms with Gasteiger partial charge in [0.25, 0.3) is 0 Å². The molecule has 4 aromatic rings. The Morgan fingerprint density at radius 1 is 0.972 bits per heavy atom. The molecule has 3 atom stereocenters. The Hall–Kier alpha value is -3.64. The number of benzene rings is 1. The highest BCUT2D eigenvalue weighted by Gasteiger charge is 2.50. The summed E-state index contributed by atoms with van der Waals surface area (Å²) in [6.45, 7) is 0. The predicted octanol–water partition coefficient (Wildman–Crippen LogP) is 5.32. The number of pyridine rings is 1. The highest BCUT2D eigenvalue weighted by Crippen LogP contribution is 2.52. The maximum atomic E-state index is 13.5. The van der Waals surface area contributed by atoms with Crippen molar-refractivity contribution in [3.8, 4) is 5.69 Å². The monoisotopic (exact) mass is 507 g/mol. The molecule has 1 aromatic carbocycles. The summed E-state index contributed by atoms with van der Waals surface area (Å²) in [7, 11) is 1.80. The summed E-state index contributed by atoms with van der Waals surface area (Å²) >= 11 is 0. The van der Waals surface area contributed by atoms with Gasteiger partial charge < -0.3 is 4.90 Å². The van der Waals surface area contributed by atoms with Crippen LogP contribution in [-0.4, -0.2) is 35.6 Å². The van der Waals surface area contributed by atoms with E-state index in [1.165, 1.54) is 6.33 Å². The molecular weight excluding hydrogens is 488 g/mol. The summed E-state index contributed by atoms with van der Waals surface area (Å²) in [5.74, 6) is 0.0792. The summed E-state index contributed by atoms with van der Waals surface area (Å²) < 4.78 is 84.6. The third-order valence-corrected chi connectivity index (χ3v) is 7.00. The quantitative estimate of drug-likeness (QED) is 0.352. The van der Waals surface area contributed by atoms with Crippen molar-refractivity contribution < 1.29 is 26.3 Å². The fourth-order valence-corrected chi connectivity index (χ4v) is 5.54. The molecule has 2 bridgehead atoms. The lowest BCUT2D eigenvalue weighted by Gasteiger charge is -2.36. The Morgan fingerprint density at radius 2 is 1.78 bits per heavy atom. The van der Waals surface area contributed by atoms with Gasteiger partial charge in [0, 0.05) is 30.4 Å². The molecule has 0 amide bonds. The first kappa shape index (κ1) is 22.8. The van der Waals surface area contributed by atoms with E-state index < -0.39 is 29.7 Å². The summed E-state index contributed by atoms with van der Waals surface area (Å²) in [5, 5.41) is 13.5. The molecule has 0 N–H and O–H groups in total. The molecule has 1 saturated carbocycles. The third kappa shape index (κ3) is 3.68. The van der Waals surface area contributed by atoms with Crippen molar-refractivity contribution in [1.29, 1.82) is 0 Å². The topological polar surface area (TPSA) is 64.7 Å². The van der Waals surface area contributed by atoms with Gasteiger partial charge in [-0.3, -0.25) is 9.25 Å². The molecule has 188 valence electrons. The second kappa shape index (κ2) is 7.68. The van der Waals surface area contributed by atoms with E-state index >= 15 is 0 Å². The number of rotatable bonds is 3. The average molecular weight is 507 g/mol. The Labute approximate surface area is 200 Å². The molecule has 0 radical (unpaired) electrons. The number of anilines is 1. The number of hydrogen-bond donors (Lipinski definition) is 0. The largest absolute Gasteiger partial charge is 0.433 e. The van der Waals surface area contributed by atoms with Crippen LogP contribution in [-0.2, 0) is 19.4 Å². The van der Waals surface area contributed by atoms with Crippen LogP contribution in [0.15, 0.2) is 42.9 Å². The van der Waals surface area contributed by atoms with Crippen molar-refractivity contribution in [2.75, 3.05) is 4.90 Å². The maximum absolute atomic E-state index is 13.5. The van der Waals surface area contributed by atoms with Gasteiger partial charge in [-0.15, -0.1) is 10.2 Å². The zero-order valence-electron chi connectivity index (χ0n) is 18.8. The molecule has 7 nitrogen and oxygen atoms in total. The molecule has 0 spiro atoms. The van der Waals surface area contributed by atoms with E-state index in [2.05, 4.69) is 20.3 Å². The van der Waals surface area contributed by atoms with Crippen LogP contribution in [0.4, 0.5) is 32.2 Å². The summed E-state index contributed by atoms with van der Waals surface area (Å²) in [6, 6.07) is 5.47. The minimum absolute atomic E-state index is 0.00856. The SMILES string of the molecule is Cn1cc2cc(-n3cnnc3[C@@H]3[C@H]4CC[C@H](C4)N3c3cc(C(F)(F)F)cc(C(F)(F)F)n3)ccc2n1. The van der Waals surface area contributed by atoms with E-state index in [0.29, 0.717) is 30.4 Å². The number of alkyl halides is 6. The Morgan fingerprint density at radius 3 is 2.53 bits per heavy atom. The minimum atomic E-state index is -5.02. The van der Waals surface area contributed by atoms with E-state index in [1.54, 1.807) is 21.2 Å². The predicted molar refractivity (Wildman–Crippen MR) is 116 cm³/mol. The number of hydrogen-bond acceptors (Lipinski definition) is 5. The standard InChI is InChI=1S/C23H19F6N7/c1-34-10-13-7-15(4-5-17(13)33-34)35-11-30-32-21(35)20-12-2-3-16(6-12)36(20)19-9-14(22(24,25)26)8-18(31-19)23(27,28)29/h4-5,7-12,16,20H,2-3,6H2,1H3/t12-,16+,20-/m0/s1. The molecule has 36 heavy (non-hydrogen) atoms. The van der Waals surface area contributed by atoms with Crippen molar-refractivity contribution in [3.05, 3.63) is 59.9 Å². The van der Waals surface area contributed by atoms with Crippen molar-refractivity contribution in [3.63, 3.8) is 0 Å². The van der Waals surface area contributed by atoms with Crippen LogP contribution in [0.5, 0.6) is 0 Å². The lowest BCUT2D eigenvalue weighted by molar-refractivity contribution is -0.145. The van der Waals surface area contributed by atoms with E-state index in [0.717, 1.165) is 17.3 Å². The van der Waals surface area contributed by atoms with Gasteiger partial charge in [0.2, 0.25) is 0 Å².